The van der Waals surface area contributed by atoms with Crippen LogP contribution in [-0.4, -0.2) is 19.8 Å². The highest BCUT2D eigenvalue weighted by molar-refractivity contribution is 7.91. The Labute approximate surface area is 116 Å². The molecule has 1 N–H and O–H groups in total. The molecule has 1 aliphatic heterocycles. The zero-order valence-electron chi connectivity index (χ0n) is 10.4. The van der Waals surface area contributed by atoms with E-state index in [1.54, 1.807) is 48.6 Å². The van der Waals surface area contributed by atoms with Gasteiger partial charge in [0.15, 0.2) is 0 Å². The Hall–Kier alpha value is -2.40. The highest BCUT2D eigenvalue weighted by Gasteiger charge is 2.25. The largest absolute Gasteiger partial charge is 0.411 e. The van der Waals surface area contributed by atoms with Crippen molar-refractivity contribution in [2.45, 2.75) is 9.79 Å². The van der Waals surface area contributed by atoms with Crippen molar-refractivity contribution in [1.29, 1.82) is 0 Å². The quantitative estimate of drug-likeness (QED) is 0.425. The fourth-order valence-electron chi connectivity index (χ4n) is 2.23. The van der Waals surface area contributed by atoms with Gasteiger partial charge in [-0.25, -0.2) is 8.42 Å². The van der Waals surface area contributed by atoms with E-state index in [1.807, 2.05) is 0 Å². The van der Waals surface area contributed by atoms with E-state index in [9.17, 15) is 8.42 Å². The minimum atomic E-state index is -3.58. The maximum Gasteiger partial charge on any atom is 0.207 e. The molecular formula is C15H11NO3S. The van der Waals surface area contributed by atoms with Gasteiger partial charge in [0.05, 0.1) is 16.0 Å². The van der Waals surface area contributed by atoms with E-state index in [0.29, 0.717) is 16.7 Å². The zero-order chi connectivity index (χ0) is 14.2. The molecule has 5 heteroatoms. The first-order valence-electron chi connectivity index (χ1n) is 5.96. The van der Waals surface area contributed by atoms with Crippen molar-refractivity contribution in [3.63, 3.8) is 0 Å². The van der Waals surface area contributed by atoms with E-state index in [2.05, 4.69) is 5.16 Å². The second-order valence-electron chi connectivity index (χ2n) is 4.42. The minimum Gasteiger partial charge on any atom is -0.411 e. The SMILES string of the molecule is O=S1(=O)c2ccccc2C=Cc2ccc(C=NO)cc21. The summed E-state index contributed by atoms with van der Waals surface area (Å²) in [5.74, 6) is 0. The first-order valence-corrected chi connectivity index (χ1v) is 7.45. The van der Waals surface area contributed by atoms with Gasteiger partial charge in [-0.2, -0.15) is 0 Å². The van der Waals surface area contributed by atoms with Crippen LogP contribution in [0.1, 0.15) is 16.7 Å². The van der Waals surface area contributed by atoms with Gasteiger partial charge in [0.2, 0.25) is 9.84 Å². The lowest BCUT2D eigenvalue weighted by molar-refractivity contribution is 0.322. The highest BCUT2D eigenvalue weighted by atomic mass is 32.2. The average Bonchev–Trinajstić information content (AvgIpc) is 2.56. The monoisotopic (exact) mass is 285 g/mol. The molecule has 2 aromatic carbocycles. The highest BCUT2D eigenvalue weighted by Crippen LogP contribution is 2.32. The Morgan fingerprint density at radius 2 is 1.65 bits per heavy atom. The summed E-state index contributed by atoms with van der Waals surface area (Å²) in [6, 6.07) is 11.8. The normalized spacial score (nSPS) is 15.6. The molecule has 0 fully saturated rings. The van der Waals surface area contributed by atoms with Gasteiger partial charge in [-0.1, -0.05) is 47.6 Å². The molecule has 0 amide bonds. The fraction of sp³-hybridized carbons (Fsp3) is 0. The van der Waals surface area contributed by atoms with Crippen molar-refractivity contribution in [1.82, 2.24) is 0 Å². The lowest BCUT2D eigenvalue weighted by Gasteiger charge is -2.08. The maximum atomic E-state index is 12.7. The molecule has 1 aliphatic rings. The number of rotatable bonds is 1. The molecule has 0 radical (unpaired) electrons. The van der Waals surface area contributed by atoms with Crippen LogP contribution in [0.2, 0.25) is 0 Å². The minimum absolute atomic E-state index is 0.219. The predicted molar refractivity (Wildman–Crippen MR) is 76.6 cm³/mol. The number of hydrogen-bond acceptors (Lipinski definition) is 4. The molecule has 20 heavy (non-hydrogen) atoms. The summed E-state index contributed by atoms with van der Waals surface area (Å²) in [7, 11) is -3.58. The summed E-state index contributed by atoms with van der Waals surface area (Å²) in [6.07, 6.45) is 4.77. The molecule has 3 rings (SSSR count). The zero-order valence-corrected chi connectivity index (χ0v) is 11.2. The molecule has 0 saturated carbocycles. The van der Waals surface area contributed by atoms with Gasteiger partial charge in [-0.05, 0) is 28.8 Å². The smallest absolute Gasteiger partial charge is 0.207 e. The summed E-state index contributed by atoms with van der Waals surface area (Å²) in [4.78, 5) is 0.504. The Morgan fingerprint density at radius 1 is 0.950 bits per heavy atom. The average molecular weight is 285 g/mol. The van der Waals surface area contributed by atoms with Crippen molar-refractivity contribution in [3.05, 3.63) is 59.2 Å². The van der Waals surface area contributed by atoms with Crippen LogP contribution in [0.25, 0.3) is 12.2 Å². The molecule has 2 aromatic rings. The third-order valence-corrected chi connectivity index (χ3v) is 5.07. The molecule has 0 unspecified atom stereocenters. The summed E-state index contributed by atoms with van der Waals surface area (Å²) < 4.78 is 25.4. The van der Waals surface area contributed by atoms with Crippen LogP contribution in [0.15, 0.2) is 57.4 Å². The fourth-order valence-corrected chi connectivity index (χ4v) is 3.91. The van der Waals surface area contributed by atoms with Gasteiger partial charge in [0.1, 0.15) is 0 Å². The molecule has 0 aliphatic carbocycles. The Bertz CT molecular complexity index is 836. The number of fused-ring (bicyclic) bond motifs is 2. The number of oxime groups is 1. The second-order valence-corrected chi connectivity index (χ2v) is 6.30. The summed E-state index contributed by atoms with van der Waals surface area (Å²) >= 11 is 0. The van der Waals surface area contributed by atoms with Crippen molar-refractivity contribution < 1.29 is 13.6 Å². The van der Waals surface area contributed by atoms with Gasteiger partial charge < -0.3 is 5.21 Å². The van der Waals surface area contributed by atoms with E-state index in [4.69, 9.17) is 5.21 Å². The molecule has 0 saturated heterocycles. The molecular weight excluding hydrogens is 274 g/mol. The molecule has 0 spiro atoms. The molecule has 0 aromatic heterocycles. The van der Waals surface area contributed by atoms with E-state index >= 15 is 0 Å². The third-order valence-electron chi connectivity index (χ3n) is 3.18. The predicted octanol–water partition coefficient (Wildman–Crippen LogP) is 2.81. The van der Waals surface area contributed by atoms with Crippen molar-refractivity contribution in [3.8, 4) is 0 Å². The number of nitrogens with zero attached hydrogens (tertiary/aromatic N) is 1. The van der Waals surface area contributed by atoms with E-state index in [1.165, 1.54) is 12.3 Å². The van der Waals surface area contributed by atoms with Crippen molar-refractivity contribution >= 4 is 28.2 Å². The summed E-state index contributed by atoms with van der Waals surface area (Å²) in [5.41, 5.74) is 1.82. The van der Waals surface area contributed by atoms with Crippen LogP contribution in [0.4, 0.5) is 0 Å². The lowest BCUT2D eigenvalue weighted by atomic mass is 10.1. The summed E-state index contributed by atoms with van der Waals surface area (Å²) in [6.45, 7) is 0. The topological polar surface area (TPSA) is 66.7 Å². The Balaban J connectivity index is 2.33. The van der Waals surface area contributed by atoms with Crippen LogP contribution >= 0.6 is 0 Å². The number of hydrogen-bond donors (Lipinski definition) is 1. The Morgan fingerprint density at radius 3 is 2.40 bits per heavy atom. The van der Waals surface area contributed by atoms with Crippen LogP contribution in [0.3, 0.4) is 0 Å². The van der Waals surface area contributed by atoms with Crippen molar-refractivity contribution in [2.75, 3.05) is 0 Å². The van der Waals surface area contributed by atoms with Gasteiger partial charge >= 0.3 is 0 Å². The summed E-state index contributed by atoms with van der Waals surface area (Å²) in [5, 5.41) is 11.5. The standard InChI is InChI=1S/C15H11NO3S/c17-16-10-11-5-6-13-8-7-12-3-1-2-4-14(12)20(18,19)15(13)9-11/h1-10,17H. The van der Waals surface area contributed by atoms with Gasteiger partial charge in [0, 0.05) is 0 Å². The van der Waals surface area contributed by atoms with Crippen LogP contribution < -0.4 is 0 Å². The van der Waals surface area contributed by atoms with Gasteiger partial charge in [-0.3, -0.25) is 0 Å². The van der Waals surface area contributed by atoms with Crippen LogP contribution in [-0.2, 0) is 9.84 Å². The molecule has 1 heterocycles. The molecule has 0 atom stereocenters. The first-order chi connectivity index (χ1) is 9.63. The van der Waals surface area contributed by atoms with Crippen LogP contribution in [0, 0.1) is 0 Å². The van der Waals surface area contributed by atoms with E-state index in [0.717, 1.165) is 0 Å². The molecule has 4 nitrogen and oxygen atoms in total. The van der Waals surface area contributed by atoms with Crippen molar-refractivity contribution in [2.24, 2.45) is 5.16 Å². The Kier molecular flexibility index (Phi) is 2.91. The first kappa shape index (κ1) is 12.6. The molecule has 0 bridgehead atoms. The number of benzene rings is 2. The molecule has 100 valence electrons. The van der Waals surface area contributed by atoms with E-state index in [-0.39, 0.29) is 9.79 Å². The third kappa shape index (κ3) is 1.92. The van der Waals surface area contributed by atoms with Gasteiger partial charge in [0.25, 0.3) is 0 Å². The van der Waals surface area contributed by atoms with Crippen LogP contribution in [0.5, 0.6) is 0 Å². The van der Waals surface area contributed by atoms with E-state index < -0.39 is 9.84 Å². The lowest BCUT2D eigenvalue weighted by Crippen LogP contribution is -2.05. The maximum absolute atomic E-state index is 12.7. The second kappa shape index (κ2) is 4.61. The van der Waals surface area contributed by atoms with Gasteiger partial charge in [-0.15, -0.1) is 0 Å². The number of sulfone groups is 1.